The number of rotatable bonds is 6. The molecule has 2 aliphatic heterocycles. The van der Waals surface area contributed by atoms with Gasteiger partial charge in [-0.05, 0) is 25.7 Å². The van der Waals surface area contributed by atoms with Crippen molar-refractivity contribution >= 4 is 27.6 Å². The van der Waals surface area contributed by atoms with Crippen molar-refractivity contribution in [1.29, 1.82) is 0 Å². The van der Waals surface area contributed by atoms with E-state index in [4.69, 9.17) is 5.84 Å². The summed E-state index contributed by atoms with van der Waals surface area (Å²) in [4.78, 5) is 21.4. The monoisotopic (exact) mass is 439 g/mol. The summed E-state index contributed by atoms with van der Waals surface area (Å²) >= 11 is 0. The van der Waals surface area contributed by atoms with Crippen LogP contribution in [0.4, 0.5) is 11.6 Å². The highest BCUT2D eigenvalue weighted by Crippen LogP contribution is 2.25. The highest BCUT2D eigenvalue weighted by atomic mass is 32.2. The Morgan fingerprint density at radius 3 is 2.37 bits per heavy atom. The molecule has 1 saturated carbocycles. The number of nitrogens with two attached hydrogens (primary N) is 1. The molecule has 1 aromatic heterocycles. The Labute approximate surface area is 175 Å². The van der Waals surface area contributed by atoms with Gasteiger partial charge in [0, 0.05) is 25.2 Å². The molecule has 166 valence electrons. The number of hydrogen-bond acceptors (Lipinski definition) is 10. The van der Waals surface area contributed by atoms with E-state index in [1.165, 1.54) is 16.8 Å². The van der Waals surface area contributed by atoms with E-state index >= 15 is 0 Å². The summed E-state index contributed by atoms with van der Waals surface area (Å²) in [7, 11) is -3.20. The molecule has 30 heavy (non-hydrogen) atoms. The van der Waals surface area contributed by atoms with Gasteiger partial charge in [0.25, 0.3) is 5.91 Å². The van der Waals surface area contributed by atoms with Crippen LogP contribution in [0.1, 0.15) is 49.0 Å². The maximum absolute atomic E-state index is 12.9. The van der Waals surface area contributed by atoms with Gasteiger partial charge in [-0.1, -0.05) is 12.8 Å². The van der Waals surface area contributed by atoms with Crippen LogP contribution >= 0.6 is 0 Å². The van der Waals surface area contributed by atoms with E-state index in [0.717, 1.165) is 25.7 Å². The van der Waals surface area contributed by atoms with Crippen LogP contribution in [0.2, 0.25) is 0 Å². The van der Waals surface area contributed by atoms with Crippen molar-refractivity contribution in [2.75, 3.05) is 30.1 Å². The van der Waals surface area contributed by atoms with Gasteiger partial charge in [0.05, 0.1) is 12.5 Å². The van der Waals surface area contributed by atoms with Crippen LogP contribution in [0.5, 0.6) is 0 Å². The lowest BCUT2D eigenvalue weighted by atomic mass is 10.1. The number of carbonyl (C=O) groups excluding carboxylic acids is 1. The largest absolute Gasteiger partial charge is 0.320 e. The number of amides is 1. The fraction of sp³-hybridized carbons (Fsp3) is 0.706. The normalized spacial score (nSPS) is 26.1. The number of nitrogens with one attached hydrogen (secondary N) is 5. The van der Waals surface area contributed by atoms with Crippen LogP contribution < -0.4 is 32.5 Å². The van der Waals surface area contributed by atoms with Crippen molar-refractivity contribution in [2.24, 2.45) is 5.84 Å². The summed E-state index contributed by atoms with van der Waals surface area (Å²) in [5.41, 5.74) is 2.55. The van der Waals surface area contributed by atoms with Crippen molar-refractivity contribution < 1.29 is 13.2 Å². The third-order valence-corrected chi connectivity index (χ3v) is 7.16. The minimum absolute atomic E-state index is 0.00388. The summed E-state index contributed by atoms with van der Waals surface area (Å²) in [6.45, 7) is 0.873. The maximum atomic E-state index is 12.9. The first-order valence-corrected chi connectivity index (χ1v) is 12.1. The Bertz CT molecular complexity index is 898. The molecular formula is C17H29N9O3S. The number of carbonyl (C=O) groups is 1. The minimum atomic E-state index is -3.20. The summed E-state index contributed by atoms with van der Waals surface area (Å²) in [5, 5.41) is 13.3. The Morgan fingerprint density at radius 2 is 1.77 bits per heavy atom. The van der Waals surface area contributed by atoms with Crippen LogP contribution in [0.3, 0.4) is 0 Å². The first-order valence-electron chi connectivity index (χ1n) is 10.2. The fourth-order valence-electron chi connectivity index (χ4n) is 4.35. The Kier molecular flexibility index (Phi) is 5.81. The number of piperidine rings is 1. The van der Waals surface area contributed by atoms with Crippen LogP contribution in [-0.2, 0) is 10.0 Å². The number of nitrogen functional groups attached to an aromatic ring is 1. The molecule has 0 bridgehead atoms. The second-order valence-electron chi connectivity index (χ2n) is 8.13. The summed E-state index contributed by atoms with van der Waals surface area (Å²) in [5.74, 6) is 4.56. The van der Waals surface area contributed by atoms with E-state index in [1.807, 2.05) is 0 Å². The minimum Gasteiger partial charge on any atom is -0.320 e. The maximum Gasteiger partial charge on any atom is 0.277 e. The van der Waals surface area contributed by atoms with E-state index in [2.05, 4.69) is 36.7 Å². The highest BCUT2D eigenvalue weighted by molar-refractivity contribution is 7.88. The SMILES string of the molecule is CS(=O)(=O)N1CCC(NC2(NC3CCCC3)NC(=O)c3nc(NN)cnc3N2)CC1. The lowest BCUT2D eigenvalue weighted by molar-refractivity contribution is 0.0796. The molecule has 2 fully saturated rings. The summed E-state index contributed by atoms with van der Waals surface area (Å²) in [6.07, 6.45) is 8.25. The van der Waals surface area contributed by atoms with Gasteiger partial charge in [0.15, 0.2) is 17.3 Å². The molecule has 1 atom stereocenters. The predicted molar refractivity (Wildman–Crippen MR) is 112 cm³/mol. The number of anilines is 2. The molecule has 1 aliphatic carbocycles. The average molecular weight is 440 g/mol. The third-order valence-electron chi connectivity index (χ3n) is 5.86. The quantitative estimate of drug-likeness (QED) is 0.185. The molecular weight excluding hydrogens is 410 g/mol. The Morgan fingerprint density at radius 1 is 1.13 bits per heavy atom. The van der Waals surface area contributed by atoms with Gasteiger partial charge in [-0.25, -0.2) is 28.5 Å². The molecule has 3 heterocycles. The van der Waals surface area contributed by atoms with Crippen molar-refractivity contribution in [1.82, 2.24) is 30.2 Å². The lowest BCUT2D eigenvalue weighted by Gasteiger charge is -2.45. The number of sulfonamides is 1. The number of nitrogens with zero attached hydrogens (tertiary/aromatic N) is 3. The van der Waals surface area contributed by atoms with Gasteiger partial charge in [0.2, 0.25) is 15.9 Å². The molecule has 1 amide bonds. The number of hydrogen-bond donors (Lipinski definition) is 6. The van der Waals surface area contributed by atoms with E-state index < -0.39 is 15.9 Å². The Hall–Kier alpha value is -2.06. The van der Waals surface area contributed by atoms with Gasteiger partial charge in [-0.15, -0.1) is 0 Å². The molecule has 1 saturated heterocycles. The molecule has 0 radical (unpaired) electrons. The lowest BCUT2D eigenvalue weighted by Crippen LogP contribution is -2.77. The summed E-state index contributed by atoms with van der Waals surface area (Å²) < 4.78 is 25.1. The van der Waals surface area contributed by atoms with E-state index in [1.54, 1.807) is 0 Å². The average Bonchev–Trinajstić information content (AvgIpc) is 3.20. The zero-order valence-electron chi connectivity index (χ0n) is 16.9. The predicted octanol–water partition coefficient (Wildman–Crippen LogP) is -0.925. The van der Waals surface area contributed by atoms with Crippen LogP contribution in [0.15, 0.2) is 6.20 Å². The van der Waals surface area contributed by atoms with Crippen LogP contribution in [-0.4, -0.2) is 65.9 Å². The van der Waals surface area contributed by atoms with E-state index in [9.17, 15) is 13.2 Å². The van der Waals surface area contributed by atoms with E-state index in [-0.39, 0.29) is 23.7 Å². The van der Waals surface area contributed by atoms with Crippen molar-refractivity contribution in [3.05, 3.63) is 11.9 Å². The van der Waals surface area contributed by atoms with Crippen molar-refractivity contribution in [3.63, 3.8) is 0 Å². The van der Waals surface area contributed by atoms with Crippen molar-refractivity contribution in [3.8, 4) is 0 Å². The molecule has 0 aromatic carbocycles. The topological polar surface area (TPSA) is 166 Å². The molecule has 1 aromatic rings. The zero-order valence-corrected chi connectivity index (χ0v) is 17.8. The smallest absolute Gasteiger partial charge is 0.277 e. The van der Waals surface area contributed by atoms with Gasteiger partial charge < -0.3 is 16.1 Å². The zero-order chi connectivity index (χ0) is 21.4. The Balaban J connectivity index is 1.54. The van der Waals surface area contributed by atoms with Crippen LogP contribution in [0.25, 0.3) is 0 Å². The number of aromatic nitrogens is 2. The molecule has 3 aliphatic rings. The molecule has 12 nitrogen and oxygen atoms in total. The van der Waals surface area contributed by atoms with E-state index in [0.29, 0.717) is 37.6 Å². The molecule has 1 unspecified atom stereocenters. The van der Waals surface area contributed by atoms with Crippen LogP contribution in [0, 0.1) is 0 Å². The highest BCUT2D eigenvalue weighted by Gasteiger charge is 2.43. The number of fused-ring (bicyclic) bond motifs is 1. The molecule has 7 N–H and O–H groups in total. The van der Waals surface area contributed by atoms with Gasteiger partial charge in [-0.3, -0.25) is 15.4 Å². The fourth-order valence-corrected chi connectivity index (χ4v) is 5.22. The first-order chi connectivity index (χ1) is 14.3. The first kappa shape index (κ1) is 21.2. The summed E-state index contributed by atoms with van der Waals surface area (Å²) in [6, 6.07) is 0.241. The van der Waals surface area contributed by atoms with Crippen molar-refractivity contribution in [2.45, 2.75) is 56.5 Å². The third kappa shape index (κ3) is 4.49. The second-order valence-corrected chi connectivity index (χ2v) is 10.1. The standard InChI is InChI=1S/C17H29N9O3S/c1-30(28,29)26-8-6-12(7-9-26)22-17(21-11-4-2-3-5-11)23-15-14(16(27)24-17)20-13(25-18)10-19-15/h10-12,21-22H,2-9,18H2,1H3,(H,19,23)(H,20,25)(H,24,27). The molecule has 4 rings (SSSR count). The number of hydrazine groups is 1. The van der Waals surface area contributed by atoms with Gasteiger partial charge in [-0.2, -0.15) is 0 Å². The molecule has 13 heteroatoms. The van der Waals surface area contributed by atoms with Gasteiger partial charge in [0.1, 0.15) is 0 Å². The van der Waals surface area contributed by atoms with Gasteiger partial charge >= 0.3 is 0 Å². The second kappa shape index (κ2) is 8.23. The molecule has 0 spiro atoms.